The van der Waals surface area contributed by atoms with Crippen LogP contribution in [-0.2, 0) is 4.43 Å². The summed E-state index contributed by atoms with van der Waals surface area (Å²) in [4.78, 5) is 0. The van der Waals surface area contributed by atoms with Gasteiger partial charge in [-0.25, -0.2) is 0 Å². The van der Waals surface area contributed by atoms with Crippen molar-refractivity contribution in [1.29, 1.82) is 0 Å². The first-order valence-corrected chi connectivity index (χ1v) is 6.76. The Hall–Kier alpha value is -1.38. The second-order valence-corrected chi connectivity index (χ2v) is 5.29. The molecule has 0 spiro atoms. The smallest absolute Gasteiger partial charge is 0.175 e. The average molecular weight is 255 g/mol. The third-order valence-electron chi connectivity index (χ3n) is 3.33. The predicted octanol–water partition coefficient (Wildman–Crippen LogP) is 3.16. The van der Waals surface area contributed by atoms with Crippen molar-refractivity contribution < 1.29 is 4.43 Å². The van der Waals surface area contributed by atoms with Gasteiger partial charge in [-0.05, 0) is 25.0 Å². The van der Waals surface area contributed by atoms with Crippen molar-refractivity contribution in [2.75, 3.05) is 0 Å². The van der Waals surface area contributed by atoms with Gasteiger partial charge in [-0.15, -0.1) is 0 Å². The Labute approximate surface area is 112 Å². The van der Waals surface area contributed by atoms with Gasteiger partial charge in [0.1, 0.15) is 0 Å². The van der Waals surface area contributed by atoms with Gasteiger partial charge in [0, 0.05) is 5.92 Å². The van der Waals surface area contributed by atoms with Gasteiger partial charge in [0.25, 0.3) is 0 Å². The van der Waals surface area contributed by atoms with Crippen molar-refractivity contribution in [3.8, 4) is 0 Å². The second kappa shape index (κ2) is 5.51. The van der Waals surface area contributed by atoms with Gasteiger partial charge >= 0.3 is 0 Å². The molecule has 0 fully saturated rings. The second-order valence-electron chi connectivity index (χ2n) is 5.00. The summed E-state index contributed by atoms with van der Waals surface area (Å²) >= 11 is 0. The molecular formula is C16H19OSi. The van der Waals surface area contributed by atoms with Gasteiger partial charge in [0.15, 0.2) is 10.5 Å². The van der Waals surface area contributed by atoms with Gasteiger partial charge in [-0.2, -0.15) is 0 Å². The average Bonchev–Trinajstić information content (AvgIpc) is 2.41. The van der Waals surface area contributed by atoms with E-state index in [1.807, 2.05) is 12.1 Å². The molecule has 1 radical (unpaired) electrons. The molecule has 0 atom stereocenters. The summed E-state index contributed by atoms with van der Waals surface area (Å²) in [6.45, 7) is 4.29. The predicted molar refractivity (Wildman–Crippen MR) is 78.4 cm³/mol. The third-order valence-corrected chi connectivity index (χ3v) is 4.08. The highest BCUT2D eigenvalue weighted by Gasteiger charge is 2.31. The van der Waals surface area contributed by atoms with E-state index in [1.54, 1.807) is 10.5 Å². The number of hydrogen-bond acceptors (Lipinski definition) is 1. The van der Waals surface area contributed by atoms with Crippen LogP contribution in [0.5, 0.6) is 0 Å². The Morgan fingerprint density at radius 1 is 0.833 bits per heavy atom. The van der Waals surface area contributed by atoms with Crippen LogP contribution in [0.25, 0.3) is 0 Å². The van der Waals surface area contributed by atoms with Gasteiger partial charge in [-0.3, -0.25) is 0 Å². The largest absolute Gasteiger partial charge is 0.419 e. The first-order chi connectivity index (χ1) is 8.65. The summed E-state index contributed by atoms with van der Waals surface area (Å²) < 4.78 is 5.74. The standard InChI is InChI=1S/C16H19OSi/c1-16(2,17-18)15(13-9-5-3-6-10-13)14-11-7-4-8-12-14/h3-12,15H,18H2,1-2H3. The molecule has 2 aromatic carbocycles. The van der Waals surface area contributed by atoms with E-state index in [9.17, 15) is 0 Å². The molecule has 0 heterocycles. The van der Waals surface area contributed by atoms with Crippen LogP contribution in [0.1, 0.15) is 30.9 Å². The Morgan fingerprint density at radius 3 is 1.56 bits per heavy atom. The molecule has 0 saturated carbocycles. The lowest BCUT2D eigenvalue weighted by molar-refractivity contribution is 0.104. The minimum absolute atomic E-state index is 0.221. The van der Waals surface area contributed by atoms with Crippen LogP contribution in [0.4, 0.5) is 0 Å². The molecule has 0 bridgehead atoms. The van der Waals surface area contributed by atoms with Crippen LogP contribution in [0.15, 0.2) is 60.7 Å². The van der Waals surface area contributed by atoms with Crippen LogP contribution >= 0.6 is 0 Å². The molecule has 0 aromatic heterocycles. The van der Waals surface area contributed by atoms with E-state index in [2.05, 4.69) is 62.4 Å². The maximum absolute atomic E-state index is 5.74. The molecule has 93 valence electrons. The maximum atomic E-state index is 5.74. The summed E-state index contributed by atoms with van der Waals surface area (Å²) in [5.41, 5.74) is 2.36. The normalized spacial score (nSPS) is 11.8. The van der Waals surface area contributed by atoms with Gasteiger partial charge in [0.05, 0.1) is 5.60 Å². The van der Waals surface area contributed by atoms with Crippen LogP contribution in [0.3, 0.4) is 0 Å². The van der Waals surface area contributed by atoms with Crippen molar-refractivity contribution in [3.63, 3.8) is 0 Å². The van der Waals surface area contributed by atoms with Gasteiger partial charge in [0.2, 0.25) is 0 Å². The fraction of sp³-hybridized carbons (Fsp3) is 0.250. The fourth-order valence-corrected chi connectivity index (χ4v) is 2.54. The monoisotopic (exact) mass is 255 g/mol. The number of hydrogen-bond donors (Lipinski definition) is 0. The lowest BCUT2D eigenvalue weighted by Gasteiger charge is -2.34. The fourth-order valence-electron chi connectivity index (χ4n) is 2.37. The molecule has 0 N–H and O–H groups in total. The third kappa shape index (κ3) is 2.71. The Morgan fingerprint density at radius 2 is 1.22 bits per heavy atom. The lowest BCUT2D eigenvalue weighted by atomic mass is 9.79. The SMILES string of the molecule is CC(C)(O[SiH2])C(c1ccccc1)c1ccccc1. The van der Waals surface area contributed by atoms with Crippen LogP contribution in [0, 0.1) is 0 Å². The van der Waals surface area contributed by atoms with E-state index in [4.69, 9.17) is 4.43 Å². The summed E-state index contributed by atoms with van der Waals surface area (Å²) in [5, 5.41) is 0. The van der Waals surface area contributed by atoms with Crippen molar-refractivity contribution in [2.45, 2.75) is 25.4 Å². The van der Waals surface area contributed by atoms with E-state index in [0.29, 0.717) is 0 Å². The molecule has 2 heteroatoms. The highest BCUT2D eigenvalue weighted by atomic mass is 28.2. The molecule has 0 amide bonds. The van der Waals surface area contributed by atoms with Crippen LogP contribution in [-0.4, -0.2) is 16.1 Å². The quantitative estimate of drug-likeness (QED) is 0.763. The molecule has 18 heavy (non-hydrogen) atoms. The van der Waals surface area contributed by atoms with Gasteiger partial charge in [-0.1, -0.05) is 60.7 Å². The Balaban J connectivity index is 2.49. The number of rotatable bonds is 4. The molecule has 0 saturated heterocycles. The topological polar surface area (TPSA) is 9.23 Å². The van der Waals surface area contributed by atoms with E-state index >= 15 is 0 Å². The molecule has 0 aliphatic rings. The summed E-state index contributed by atoms with van der Waals surface area (Å²) in [7, 11) is 1.57. The lowest BCUT2D eigenvalue weighted by Crippen LogP contribution is -2.32. The zero-order chi connectivity index (χ0) is 13.0. The Kier molecular flexibility index (Phi) is 3.99. The van der Waals surface area contributed by atoms with Crippen molar-refractivity contribution in [1.82, 2.24) is 0 Å². The van der Waals surface area contributed by atoms with Crippen LogP contribution < -0.4 is 0 Å². The number of benzene rings is 2. The minimum Gasteiger partial charge on any atom is -0.419 e. The molecule has 0 aliphatic carbocycles. The summed E-state index contributed by atoms with van der Waals surface area (Å²) in [5.74, 6) is 0.248. The molecule has 0 unspecified atom stereocenters. The zero-order valence-electron chi connectivity index (χ0n) is 11.0. The zero-order valence-corrected chi connectivity index (χ0v) is 12.4. The first-order valence-electron chi connectivity index (χ1n) is 6.18. The minimum atomic E-state index is -0.221. The van der Waals surface area contributed by atoms with Gasteiger partial charge < -0.3 is 4.43 Å². The highest BCUT2D eigenvalue weighted by molar-refractivity contribution is 5.98. The highest BCUT2D eigenvalue weighted by Crippen LogP contribution is 2.36. The van der Waals surface area contributed by atoms with E-state index in [1.165, 1.54) is 11.1 Å². The molecular weight excluding hydrogens is 236 g/mol. The van der Waals surface area contributed by atoms with Crippen LogP contribution in [0.2, 0.25) is 0 Å². The van der Waals surface area contributed by atoms with E-state index < -0.39 is 0 Å². The summed E-state index contributed by atoms with van der Waals surface area (Å²) in [6, 6.07) is 21.1. The van der Waals surface area contributed by atoms with Crippen molar-refractivity contribution in [2.24, 2.45) is 0 Å². The molecule has 0 aliphatic heterocycles. The van der Waals surface area contributed by atoms with Crippen molar-refractivity contribution >= 4 is 10.5 Å². The molecule has 2 aromatic rings. The first kappa shape index (κ1) is 13.1. The Bertz CT molecular complexity index is 439. The van der Waals surface area contributed by atoms with E-state index in [0.717, 1.165) is 0 Å². The maximum Gasteiger partial charge on any atom is 0.175 e. The summed E-state index contributed by atoms with van der Waals surface area (Å²) in [6.07, 6.45) is 0. The van der Waals surface area contributed by atoms with E-state index in [-0.39, 0.29) is 11.5 Å². The molecule has 1 nitrogen and oxygen atoms in total. The van der Waals surface area contributed by atoms with Crippen molar-refractivity contribution in [3.05, 3.63) is 71.8 Å². The molecule has 2 rings (SSSR count).